The molecule has 0 bridgehead atoms. The average Bonchev–Trinajstić information content (AvgIpc) is 3.39. The smallest absolute Gasteiger partial charge is 0.269 e. The summed E-state index contributed by atoms with van der Waals surface area (Å²) in [5.41, 5.74) is 1.83. The molecule has 9 nitrogen and oxygen atoms in total. The number of sulfonamides is 1. The van der Waals surface area contributed by atoms with Crippen LogP contribution in [0.1, 0.15) is 35.4 Å². The number of thiophene rings is 1. The average molecular weight is 544 g/mol. The lowest BCUT2D eigenvalue weighted by Crippen LogP contribution is -2.47. The summed E-state index contributed by atoms with van der Waals surface area (Å²) in [5, 5.41) is 13.0. The molecule has 0 aliphatic carbocycles. The molecule has 0 saturated carbocycles. The molecule has 0 N–H and O–H groups in total. The van der Waals surface area contributed by atoms with Gasteiger partial charge >= 0.3 is 0 Å². The van der Waals surface area contributed by atoms with Crippen molar-refractivity contribution in [1.29, 1.82) is 0 Å². The topological polar surface area (TPSA) is 110 Å². The normalized spacial score (nSPS) is 15.5. The summed E-state index contributed by atoms with van der Waals surface area (Å²) in [6.07, 6.45) is 1.12. The quantitative estimate of drug-likeness (QED) is 0.203. The van der Waals surface area contributed by atoms with Gasteiger partial charge in [0.2, 0.25) is 15.9 Å². The molecule has 2 heterocycles. The van der Waals surface area contributed by atoms with Crippen molar-refractivity contribution in [2.24, 2.45) is 0 Å². The van der Waals surface area contributed by atoms with E-state index in [4.69, 9.17) is 4.74 Å². The second-order valence-corrected chi connectivity index (χ2v) is 11.5. The molecule has 0 spiro atoms. The Balaban J connectivity index is 1.62. The predicted octanol–water partition coefficient (Wildman–Crippen LogP) is 4.25. The molecule has 3 aromatic rings. The maximum atomic E-state index is 13.7. The van der Waals surface area contributed by atoms with Gasteiger partial charge in [0.25, 0.3) is 5.69 Å². The lowest BCUT2D eigenvalue weighted by atomic mass is 9.93. The van der Waals surface area contributed by atoms with Gasteiger partial charge in [-0.2, -0.15) is 4.31 Å². The highest BCUT2D eigenvalue weighted by atomic mass is 32.2. The van der Waals surface area contributed by atoms with Gasteiger partial charge in [-0.25, -0.2) is 8.42 Å². The Morgan fingerprint density at radius 3 is 2.57 bits per heavy atom. The van der Waals surface area contributed by atoms with Crippen LogP contribution in [0.15, 0.2) is 70.9 Å². The Labute approximate surface area is 220 Å². The Bertz CT molecular complexity index is 1330. The summed E-state index contributed by atoms with van der Waals surface area (Å²) in [6.45, 7) is 2.94. The SMILES string of the molecule is CCOCCCN(CC(=O)N1CCc2sccc2C1c1ccccc1)S(=O)(=O)c1ccc([N+](=O)[O-])cc1. The van der Waals surface area contributed by atoms with Gasteiger partial charge in [-0.15, -0.1) is 11.3 Å². The number of ether oxygens (including phenoxy) is 1. The van der Waals surface area contributed by atoms with Crippen molar-refractivity contribution in [3.63, 3.8) is 0 Å². The van der Waals surface area contributed by atoms with Crippen LogP contribution in [-0.2, 0) is 26.0 Å². The minimum absolute atomic E-state index is 0.0819. The minimum atomic E-state index is -4.09. The maximum absolute atomic E-state index is 13.7. The van der Waals surface area contributed by atoms with E-state index >= 15 is 0 Å². The molecule has 0 radical (unpaired) electrons. The summed E-state index contributed by atoms with van der Waals surface area (Å²) in [6, 6.07) is 16.2. The zero-order valence-corrected chi connectivity index (χ0v) is 22.1. The van der Waals surface area contributed by atoms with Crippen LogP contribution >= 0.6 is 11.3 Å². The number of amides is 1. The third-order valence-corrected chi connectivity index (χ3v) is 9.15. The molecule has 1 amide bonds. The van der Waals surface area contributed by atoms with E-state index in [0.29, 0.717) is 32.6 Å². The van der Waals surface area contributed by atoms with E-state index in [2.05, 4.69) is 0 Å². The Hall–Kier alpha value is -3.12. The summed E-state index contributed by atoms with van der Waals surface area (Å²) in [7, 11) is -4.09. The van der Waals surface area contributed by atoms with Crippen LogP contribution in [0.4, 0.5) is 5.69 Å². The number of carbonyl (C=O) groups is 1. The van der Waals surface area contributed by atoms with Gasteiger partial charge in [0.1, 0.15) is 0 Å². The van der Waals surface area contributed by atoms with Crippen molar-refractivity contribution in [2.75, 3.05) is 32.8 Å². The molecule has 196 valence electrons. The van der Waals surface area contributed by atoms with E-state index in [1.54, 1.807) is 16.2 Å². The molecule has 1 aliphatic heterocycles. The van der Waals surface area contributed by atoms with Crippen molar-refractivity contribution < 1.29 is 22.9 Å². The third-order valence-electron chi connectivity index (χ3n) is 6.30. The molecule has 1 atom stereocenters. The number of nitro benzene ring substituents is 1. The van der Waals surface area contributed by atoms with E-state index in [0.717, 1.165) is 27.6 Å². The lowest BCUT2D eigenvalue weighted by molar-refractivity contribution is -0.384. The van der Waals surface area contributed by atoms with E-state index in [1.165, 1.54) is 17.0 Å². The molecule has 1 aromatic heterocycles. The van der Waals surface area contributed by atoms with Crippen LogP contribution in [0.3, 0.4) is 0 Å². The Morgan fingerprint density at radius 2 is 1.89 bits per heavy atom. The second-order valence-electron chi connectivity index (χ2n) is 8.59. The fourth-order valence-electron chi connectivity index (χ4n) is 4.48. The molecule has 1 aliphatic rings. The predicted molar refractivity (Wildman–Crippen MR) is 141 cm³/mol. The third kappa shape index (κ3) is 6.07. The van der Waals surface area contributed by atoms with E-state index < -0.39 is 14.9 Å². The van der Waals surface area contributed by atoms with Crippen LogP contribution in [-0.4, -0.2) is 61.3 Å². The maximum Gasteiger partial charge on any atom is 0.269 e. The van der Waals surface area contributed by atoms with Gasteiger partial charge in [-0.3, -0.25) is 14.9 Å². The molecule has 11 heteroatoms. The van der Waals surface area contributed by atoms with Gasteiger partial charge < -0.3 is 9.64 Å². The van der Waals surface area contributed by atoms with Crippen LogP contribution in [0.5, 0.6) is 0 Å². The van der Waals surface area contributed by atoms with Crippen LogP contribution in [0, 0.1) is 10.1 Å². The number of rotatable bonds is 11. The number of nitro groups is 1. The summed E-state index contributed by atoms with van der Waals surface area (Å²) >= 11 is 1.67. The second kappa shape index (κ2) is 12.0. The monoisotopic (exact) mass is 543 g/mol. The number of benzene rings is 2. The van der Waals surface area contributed by atoms with Gasteiger partial charge in [-0.05, 0) is 54.5 Å². The molecule has 0 fully saturated rings. The number of non-ortho nitro benzene ring substituents is 1. The highest BCUT2D eigenvalue weighted by Gasteiger charge is 2.35. The first-order valence-electron chi connectivity index (χ1n) is 12.1. The standard InChI is InChI=1S/C26H29N3O6S2/c1-2-35-17-6-15-27(37(33,34)22-11-9-21(10-12-22)29(31)32)19-25(30)28-16-13-24-23(14-18-36-24)26(28)20-7-4-3-5-8-20/h3-5,7-12,14,18,26H,2,6,13,15-17,19H2,1H3. The zero-order valence-electron chi connectivity index (χ0n) is 20.5. The largest absolute Gasteiger partial charge is 0.382 e. The highest BCUT2D eigenvalue weighted by Crippen LogP contribution is 2.38. The van der Waals surface area contributed by atoms with Gasteiger partial charge in [0.05, 0.1) is 22.4 Å². The fraction of sp³-hybridized carbons (Fsp3) is 0.346. The van der Waals surface area contributed by atoms with Crippen LogP contribution < -0.4 is 0 Å². The van der Waals surface area contributed by atoms with E-state index in [1.807, 2.05) is 48.7 Å². The molecule has 4 rings (SSSR count). The van der Waals surface area contributed by atoms with E-state index in [-0.39, 0.29) is 35.6 Å². The number of fused-ring (bicyclic) bond motifs is 1. The minimum Gasteiger partial charge on any atom is -0.382 e. The number of hydrogen-bond acceptors (Lipinski definition) is 7. The molecular formula is C26H29N3O6S2. The fourth-order valence-corrected chi connectivity index (χ4v) is 6.81. The Kier molecular flexibility index (Phi) is 8.70. The lowest BCUT2D eigenvalue weighted by Gasteiger charge is -2.37. The van der Waals surface area contributed by atoms with Gasteiger partial charge in [0, 0.05) is 43.3 Å². The van der Waals surface area contributed by atoms with Gasteiger partial charge in [0.15, 0.2) is 0 Å². The summed E-state index contributed by atoms with van der Waals surface area (Å²) in [5.74, 6) is -0.299. The summed E-state index contributed by atoms with van der Waals surface area (Å²) in [4.78, 5) is 27.1. The highest BCUT2D eigenvalue weighted by molar-refractivity contribution is 7.89. The molecule has 0 saturated heterocycles. The van der Waals surface area contributed by atoms with Crippen molar-refractivity contribution >= 4 is 33.0 Å². The molecule has 2 aromatic carbocycles. The molecule has 37 heavy (non-hydrogen) atoms. The zero-order chi connectivity index (χ0) is 26.4. The molecular weight excluding hydrogens is 514 g/mol. The number of nitrogens with zero attached hydrogens (tertiary/aromatic N) is 3. The van der Waals surface area contributed by atoms with Crippen molar-refractivity contribution in [3.8, 4) is 0 Å². The van der Waals surface area contributed by atoms with Crippen molar-refractivity contribution in [2.45, 2.75) is 30.7 Å². The first-order chi connectivity index (χ1) is 17.8. The Morgan fingerprint density at radius 1 is 1.16 bits per heavy atom. The van der Waals surface area contributed by atoms with Crippen LogP contribution in [0.2, 0.25) is 0 Å². The van der Waals surface area contributed by atoms with Crippen LogP contribution in [0.25, 0.3) is 0 Å². The number of carbonyl (C=O) groups excluding carboxylic acids is 1. The van der Waals surface area contributed by atoms with Gasteiger partial charge in [-0.1, -0.05) is 30.3 Å². The van der Waals surface area contributed by atoms with E-state index in [9.17, 15) is 23.3 Å². The summed E-state index contributed by atoms with van der Waals surface area (Å²) < 4.78 is 33.6. The van der Waals surface area contributed by atoms with Crippen molar-refractivity contribution in [1.82, 2.24) is 9.21 Å². The first kappa shape index (κ1) is 26.9. The number of hydrogen-bond donors (Lipinski definition) is 0. The van der Waals surface area contributed by atoms with Crippen molar-refractivity contribution in [3.05, 3.63) is 92.2 Å². The first-order valence-corrected chi connectivity index (χ1v) is 14.4. The molecule has 1 unspecified atom stereocenters.